The Balaban J connectivity index is 0.00000387. The smallest absolute Gasteiger partial charge is 0.202 e. The van der Waals surface area contributed by atoms with Gasteiger partial charge in [-0.15, -0.1) is 12.4 Å². The van der Waals surface area contributed by atoms with Crippen LogP contribution in [0.3, 0.4) is 0 Å². The van der Waals surface area contributed by atoms with E-state index >= 15 is 0 Å². The van der Waals surface area contributed by atoms with E-state index in [0.717, 1.165) is 6.92 Å². The second-order valence-electron chi connectivity index (χ2n) is 10.4. The summed E-state index contributed by atoms with van der Waals surface area (Å²) in [6.07, 6.45) is -6.25. The fraction of sp³-hybridized carbons (Fsp3) is 0.464. The number of aliphatic hydroxyl groups excluding tert-OH is 1. The van der Waals surface area contributed by atoms with Crippen LogP contribution in [0.15, 0.2) is 18.2 Å². The number of ether oxygens (including phenoxy) is 4. The fourth-order valence-electron chi connectivity index (χ4n) is 6.00. The van der Waals surface area contributed by atoms with Crippen molar-refractivity contribution in [3.63, 3.8) is 0 Å². The van der Waals surface area contributed by atoms with Crippen LogP contribution in [0.2, 0.25) is 0 Å². The van der Waals surface area contributed by atoms with Gasteiger partial charge in [0.2, 0.25) is 5.78 Å². The van der Waals surface area contributed by atoms with Crippen molar-refractivity contribution in [2.24, 2.45) is 5.73 Å². The summed E-state index contributed by atoms with van der Waals surface area (Å²) in [7, 11) is 2.56. The van der Waals surface area contributed by atoms with Gasteiger partial charge in [0.1, 0.15) is 29.5 Å². The number of Topliss-reactive ketones (excluding diaryl/α,β-unsaturated/α-hetero) is 1. The molecule has 222 valence electrons. The molecule has 2 aromatic carbocycles. The predicted octanol–water partition coefficient (Wildman–Crippen LogP) is 1.08. The minimum Gasteiger partial charge on any atom is -0.507 e. The van der Waals surface area contributed by atoms with E-state index in [0.29, 0.717) is 0 Å². The maximum absolute atomic E-state index is 13.7. The summed E-state index contributed by atoms with van der Waals surface area (Å²) < 4.78 is 22.7. The first-order valence-electron chi connectivity index (χ1n) is 12.7. The van der Waals surface area contributed by atoms with Crippen molar-refractivity contribution >= 4 is 29.8 Å². The lowest BCUT2D eigenvalue weighted by molar-refractivity contribution is -0.268. The van der Waals surface area contributed by atoms with E-state index in [1.54, 1.807) is 6.92 Å². The predicted molar refractivity (Wildman–Crippen MR) is 144 cm³/mol. The van der Waals surface area contributed by atoms with Gasteiger partial charge in [-0.25, -0.2) is 0 Å². The standard InChI is InChI=1S/C28H31NO11.ClH/c1-10-21(31)14(29)8-16(39-10)40-26-18-13(9-28(36,11(2)30)27(26)38-4)23(33)19-20(25(18)35)24(34)17-12(22(19)32)6-5-7-15(17)37-3;/h5-7,10,14,16,21,26-27,31,33,35-36H,8-9,29H2,1-4H3;1H. The third-order valence-corrected chi connectivity index (χ3v) is 8.15. The summed E-state index contributed by atoms with van der Waals surface area (Å²) in [5.74, 6) is -3.50. The van der Waals surface area contributed by atoms with Gasteiger partial charge in [-0.3, -0.25) is 14.4 Å². The van der Waals surface area contributed by atoms with Crippen molar-refractivity contribution < 1.29 is 53.8 Å². The van der Waals surface area contributed by atoms with Gasteiger partial charge in [0.15, 0.2) is 23.5 Å². The van der Waals surface area contributed by atoms with Crippen molar-refractivity contribution in [3.8, 4) is 17.2 Å². The number of rotatable bonds is 5. The summed E-state index contributed by atoms with van der Waals surface area (Å²) in [5.41, 5.74) is 2.43. The van der Waals surface area contributed by atoms with Crippen LogP contribution in [0.25, 0.3) is 0 Å². The Bertz CT molecular complexity index is 1420. The van der Waals surface area contributed by atoms with Gasteiger partial charge in [0.05, 0.1) is 36.0 Å². The average molecular weight is 594 g/mol. The van der Waals surface area contributed by atoms with Gasteiger partial charge in [-0.1, -0.05) is 12.1 Å². The molecular formula is C28H32ClNO11. The molecule has 0 spiro atoms. The Kier molecular flexibility index (Phi) is 8.24. The summed E-state index contributed by atoms with van der Waals surface area (Å²) in [6, 6.07) is 3.66. The maximum Gasteiger partial charge on any atom is 0.202 e. The first-order valence-corrected chi connectivity index (χ1v) is 12.7. The maximum atomic E-state index is 13.7. The lowest BCUT2D eigenvalue weighted by atomic mass is 9.70. The number of carbonyl (C=O) groups excluding carboxylic acids is 3. The van der Waals surface area contributed by atoms with Crippen molar-refractivity contribution in [2.75, 3.05) is 14.2 Å². The molecule has 1 saturated heterocycles. The zero-order valence-corrected chi connectivity index (χ0v) is 23.6. The van der Waals surface area contributed by atoms with E-state index in [9.17, 15) is 34.8 Å². The molecule has 7 unspecified atom stereocenters. The van der Waals surface area contributed by atoms with Crippen LogP contribution < -0.4 is 10.5 Å². The average Bonchev–Trinajstić information content (AvgIpc) is 2.91. The van der Waals surface area contributed by atoms with Crippen LogP contribution in [0.1, 0.15) is 69.3 Å². The molecule has 1 aliphatic heterocycles. The summed E-state index contributed by atoms with van der Waals surface area (Å²) in [5, 5.41) is 44.8. The van der Waals surface area contributed by atoms with Gasteiger partial charge >= 0.3 is 0 Å². The molecule has 5 rings (SSSR count). The lowest BCUT2D eigenvalue weighted by Crippen LogP contribution is -2.58. The number of aliphatic hydroxyl groups is 2. The summed E-state index contributed by atoms with van der Waals surface area (Å²) in [6.45, 7) is 2.72. The first kappa shape index (κ1) is 30.8. The zero-order chi connectivity index (χ0) is 29.3. The van der Waals surface area contributed by atoms with Crippen LogP contribution >= 0.6 is 12.4 Å². The molecule has 6 N–H and O–H groups in total. The molecule has 1 fully saturated rings. The number of phenolic OH excluding ortho intramolecular Hbond substituents is 2. The van der Waals surface area contributed by atoms with Crippen molar-refractivity contribution in [2.45, 2.75) is 69.0 Å². The second-order valence-corrected chi connectivity index (χ2v) is 10.4. The Labute approximate surface area is 241 Å². The lowest BCUT2D eigenvalue weighted by Gasteiger charge is -2.46. The zero-order valence-electron chi connectivity index (χ0n) is 22.7. The largest absolute Gasteiger partial charge is 0.507 e. The number of methoxy groups -OCH3 is 2. The highest BCUT2D eigenvalue weighted by atomic mass is 35.5. The van der Waals surface area contributed by atoms with Crippen LogP contribution in [-0.2, 0) is 25.4 Å². The third-order valence-electron chi connectivity index (χ3n) is 8.15. The van der Waals surface area contributed by atoms with Crippen LogP contribution in [0.5, 0.6) is 17.2 Å². The van der Waals surface area contributed by atoms with E-state index in [-0.39, 0.29) is 46.8 Å². The number of ketones is 3. The number of fused-ring (bicyclic) bond motifs is 3. The Morgan fingerprint density at radius 2 is 1.76 bits per heavy atom. The topological polar surface area (TPSA) is 195 Å². The molecule has 12 nitrogen and oxygen atoms in total. The minimum absolute atomic E-state index is 0. The summed E-state index contributed by atoms with van der Waals surface area (Å²) >= 11 is 0. The van der Waals surface area contributed by atoms with Crippen LogP contribution in [-0.4, -0.2) is 88.2 Å². The van der Waals surface area contributed by atoms with Crippen LogP contribution in [0, 0.1) is 0 Å². The molecule has 0 radical (unpaired) electrons. The van der Waals surface area contributed by atoms with Gasteiger partial charge in [0.25, 0.3) is 0 Å². The van der Waals surface area contributed by atoms with Gasteiger partial charge < -0.3 is 45.1 Å². The highest BCUT2D eigenvalue weighted by molar-refractivity contribution is 6.31. The molecule has 3 aliphatic rings. The minimum atomic E-state index is -2.25. The monoisotopic (exact) mass is 593 g/mol. The highest BCUT2D eigenvalue weighted by Gasteiger charge is 2.55. The number of hydrogen-bond acceptors (Lipinski definition) is 12. The molecule has 41 heavy (non-hydrogen) atoms. The Hall–Kier alpha value is -3.10. The number of hydrogen-bond donors (Lipinski definition) is 5. The van der Waals surface area contributed by atoms with Crippen molar-refractivity contribution in [1.29, 1.82) is 0 Å². The van der Waals surface area contributed by atoms with Gasteiger partial charge in [0, 0.05) is 42.7 Å². The van der Waals surface area contributed by atoms with Crippen LogP contribution in [0.4, 0.5) is 0 Å². The second kappa shape index (κ2) is 11.0. The van der Waals surface area contributed by atoms with E-state index in [1.165, 1.54) is 32.4 Å². The van der Waals surface area contributed by atoms with E-state index in [4.69, 9.17) is 24.7 Å². The molecule has 2 aromatic rings. The molecule has 13 heteroatoms. The number of phenols is 2. The quantitative estimate of drug-likeness (QED) is 0.264. The normalized spacial score (nSPS) is 30.5. The highest BCUT2D eigenvalue weighted by Crippen LogP contribution is 2.53. The molecule has 1 heterocycles. The third kappa shape index (κ3) is 4.50. The summed E-state index contributed by atoms with van der Waals surface area (Å²) in [4.78, 5) is 40.1. The number of carbonyl (C=O) groups is 3. The van der Waals surface area contributed by atoms with Crippen molar-refractivity contribution in [3.05, 3.63) is 51.6 Å². The number of nitrogens with two attached hydrogens (primary N) is 1. The molecule has 0 aromatic heterocycles. The first-order chi connectivity index (χ1) is 18.9. The van der Waals surface area contributed by atoms with E-state index in [1.807, 2.05) is 0 Å². The van der Waals surface area contributed by atoms with Gasteiger partial charge in [-0.2, -0.15) is 0 Å². The van der Waals surface area contributed by atoms with Crippen molar-refractivity contribution in [1.82, 2.24) is 0 Å². The molecule has 0 saturated carbocycles. The molecule has 2 aliphatic carbocycles. The van der Waals surface area contributed by atoms with E-state index in [2.05, 4.69) is 0 Å². The SMILES string of the molecule is COc1cccc2c1C(=O)c1c(O)c3c(c(O)c1C2=O)CC(O)(C(C)=O)C(OC)C3OC1CC(N)C(O)C(C)O1.Cl. The van der Waals surface area contributed by atoms with E-state index < -0.39 is 88.7 Å². The van der Waals surface area contributed by atoms with Gasteiger partial charge in [-0.05, 0) is 19.9 Å². The molecule has 7 atom stereocenters. The molecular weight excluding hydrogens is 562 g/mol. The number of benzene rings is 2. The fourth-order valence-corrected chi connectivity index (χ4v) is 6.00. The Morgan fingerprint density at radius 3 is 2.34 bits per heavy atom. The molecule has 0 bridgehead atoms. The Morgan fingerprint density at radius 1 is 1.10 bits per heavy atom. The number of aromatic hydroxyl groups is 2. The molecule has 0 amide bonds. The number of halogens is 1.